The van der Waals surface area contributed by atoms with Gasteiger partial charge < -0.3 is 9.84 Å². The highest BCUT2D eigenvalue weighted by molar-refractivity contribution is 6.30. The van der Waals surface area contributed by atoms with Crippen LogP contribution in [0.4, 0.5) is 0 Å². The first-order chi connectivity index (χ1) is 9.06. The Morgan fingerprint density at radius 3 is 2.74 bits per heavy atom. The molecule has 0 aliphatic carbocycles. The number of rotatable bonds is 4. The van der Waals surface area contributed by atoms with Gasteiger partial charge in [0.1, 0.15) is 12.4 Å². The average Bonchev–Trinajstić information content (AvgIpc) is 2.38. The lowest BCUT2D eigenvalue weighted by Crippen LogP contribution is -2.02. The number of aryl methyl sites for hydroxylation is 1. The lowest BCUT2D eigenvalue weighted by atomic mass is 10.2. The average molecular weight is 278 g/mol. The number of hydrogen-bond acceptors (Lipinski definition) is 3. The number of carboxylic acids is 1. The van der Waals surface area contributed by atoms with Crippen molar-refractivity contribution in [2.45, 2.75) is 13.5 Å². The van der Waals surface area contributed by atoms with Crippen LogP contribution in [0.15, 0.2) is 36.5 Å². The Balaban J connectivity index is 2.04. The highest BCUT2D eigenvalue weighted by Crippen LogP contribution is 2.22. The predicted molar refractivity (Wildman–Crippen MR) is 71.7 cm³/mol. The number of ether oxygens (including phenoxy) is 1. The van der Waals surface area contributed by atoms with Gasteiger partial charge in [0.25, 0.3) is 0 Å². The van der Waals surface area contributed by atoms with Crippen molar-refractivity contribution in [3.8, 4) is 5.75 Å². The van der Waals surface area contributed by atoms with E-state index in [4.69, 9.17) is 21.4 Å². The van der Waals surface area contributed by atoms with Gasteiger partial charge in [0.2, 0.25) is 0 Å². The molecule has 0 saturated heterocycles. The molecule has 0 bridgehead atoms. The van der Waals surface area contributed by atoms with Gasteiger partial charge in [0.15, 0.2) is 0 Å². The molecule has 0 unspecified atom stereocenters. The Morgan fingerprint density at radius 1 is 1.37 bits per heavy atom. The van der Waals surface area contributed by atoms with Gasteiger partial charge in [0.05, 0.1) is 11.3 Å². The van der Waals surface area contributed by atoms with E-state index < -0.39 is 5.97 Å². The first-order valence-corrected chi connectivity index (χ1v) is 6.01. The standard InChI is InChI=1S/C14H12ClNO3/c1-9-6-11(15)3-5-13(9)19-8-12-4-2-10(7-16-12)14(17)18/h2-7H,8H2,1H3,(H,17,18). The molecule has 0 amide bonds. The Labute approximate surface area is 115 Å². The van der Waals surface area contributed by atoms with Crippen molar-refractivity contribution in [1.29, 1.82) is 0 Å². The summed E-state index contributed by atoms with van der Waals surface area (Å²) in [6, 6.07) is 8.50. The molecular weight excluding hydrogens is 266 g/mol. The summed E-state index contributed by atoms with van der Waals surface area (Å²) in [6.07, 6.45) is 1.32. The Hall–Kier alpha value is -2.07. The van der Waals surface area contributed by atoms with E-state index in [-0.39, 0.29) is 12.2 Å². The summed E-state index contributed by atoms with van der Waals surface area (Å²) in [6.45, 7) is 2.19. The first kappa shape index (κ1) is 13.4. The smallest absolute Gasteiger partial charge is 0.337 e. The molecule has 19 heavy (non-hydrogen) atoms. The molecule has 0 aliphatic rings. The summed E-state index contributed by atoms with van der Waals surface area (Å²) in [4.78, 5) is 14.7. The van der Waals surface area contributed by atoms with Crippen LogP contribution in [0.3, 0.4) is 0 Å². The topological polar surface area (TPSA) is 59.4 Å². The number of aromatic carboxylic acids is 1. The Morgan fingerprint density at radius 2 is 2.16 bits per heavy atom. The van der Waals surface area contributed by atoms with Crippen molar-refractivity contribution < 1.29 is 14.6 Å². The normalized spacial score (nSPS) is 10.2. The van der Waals surface area contributed by atoms with Crippen molar-refractivity contribution >= 4 is 17.6 Å². The van der Waals surface area contributed by atoms with Gasteiger partial charge >= 0.3 is 5.97 Å². The summed E-state index contributed by atoms with van der Waals surface area (Å²) in [7, 11) is 0. The van der Waals surface area contributed by atoms with E-state index >= 15 is 0 Å². The van der Waals surface area contributed by atoms with Gasteiger partial charge in [-0.25, -0.2) is 4.79 Å². The SMILES string of the molecule is Cc1cc(Cl)ccc1OCc1ccc(C(=O)O)cn1. The van der Waals surface area contributed by atoms with E-state index in [1.54, 1.807) is 18.2 Å². The highest BCUT2D eigenvalue weighted by atomic mass is 35.5. The van der Waals surface area contributed by atoms with Crippen LogP contribution in [0.1, 0.15) is 21.6 Å². The quantitative estimate of drug-likeness (QED) is 0.931. The number of pyridine rings is 1. The van der Waals surface area contributed by atoms with Crippen LogP contribution in [-0.2, 0) is 6.61 Å². The minimum Gasteiger partial charge on any atom is -0.487 e. The Bertz CT molecular complexity index is 596. The van der Waals surface area contributed by atoms with E-state index in [9.17, 15) is 4.79 Å². The van der Waals surface area contributed by atoms with E-state index in [0.29, 0.717) is 10.7 Å². The summed E-state index contributed by atoms with van der Waals surface area (Å²) >= 11 is 5.86. The second-order valence-electron chi connectivity index (χ2n) is 4.04. The van der Waals surface area contributed by atoms with Gasteiger partial charge in [-0.1, -0.05) is 11.6 Å². The van der Waals surface area contributed by atoms with Crippen molar-refractivity contribution in [1.82, 2.24) is 4.98 Å². The maximum atomic E-state index is 10.7. The fourth-order valence-corrected chi connectivity index (χ4v) is 1.79. The molecule has 0 fully saturated rings. The van der Waals surface area contributed by atoms with Crippen molar-refractivity contribution in [2.75, 3.05) is 0 Å². The molecule has 1 N–H and O–H groups in total. The summed E-state index contributed by atoms with van der Waals surface area (Å²) < 4.78 is 5.61. The lowest BCUT2D eigenvalue weighted by Gasteiger charge is -2.09. The molecular formula is C14H12ClNO3. The Kier molecular flexibility index (Phi) is 4.02. The third-order valence-electron chi connectivity index (χ3n) is 2.58. The van der Waals surface area contributed by atoms with Crippen LogP contribution in [0.5, 0.6) is 5.75 Å². The van der Waals surface area contributed by atoms with E-state index in [1.165, 1.54) is 12.3 Å². The number of halogens is 1. The van der Waals surface area contributed by atoms with E-state index in [1.807, 2.05) is 13.0 Å². The van der Waals surface area contributed by atoms with Crippen LogP contribution < -0.4 is 4.74 Å². The fourth-order valence-electron chi connectivity index (χ4n) is 1.56. The highest BCUT2D eigenvalue weighted by Gasteiger charge is 2.04. The molecule has 98 valence electrons. The minimum absolute atomic E-state index is 0.159. The van der Waals surface area contributed by atoms with Gasteiger partial charge in [-0.3, -0.25) is 4.98 Å². The van der Waals surface area contributed by atoms with E-state index in [2.05, 4.69) is 4.98 Å². The third kappa shape index (κ3) is 3.45. The fraction of sp³-hybridized carbons (Fsp3) is 0.143. The monoisotopic (exact) mass is 277 g/mol. The first-order valence-electron chi connectivity index (χ1n) is 5.63. The third-order valence-corrected chi connectivity index (χ3v) is 2.82. The van der Waals surface area contributed by atoms with Crippen LogP contribution >= 0.6 is 11.6 Å². The van der Waals surface area contributed by atoms with Crippen LogP contribution in [-0.4, -0.2) is 16.1 Å². The second kappa shape index (κ2) is 5.71. The summed E-state index contributed by atoms with van der Waals surface area (Å²) in [5, 5.41) is 9.42. The van der Waals surface area contributed by atoms with Crippen molar-refractivity contribution in [3.63, 3.8) is 0 Å². The van der Waals surface area contributed by atoms with Crippen molar-refractivity contribution in [2.24, 2.45) is 0 Å². The molecule has 0 aliphatic heterocycles. The van der Waals surface area contributed by atoms with Gasteiger partial charge in [0, 0.05) is 11.2 Å². The molecule has 1 aromatic carbocycles. The number of hydrogen-bond donors (Lipinski definition) is 1. The zero-order valence-electron chi connectivity index (χ0n) is 10.3. The molecule has 1 aromatic heterocycles. The zero-order chi connectivity index (χ0) is 13.8. The molecule has 0 saturated carbocycles. The van der Waals surface area contributed by atoms with Gasteiger partial charge in [-0.05, 0) is 42.8 Å². The molecule has 4 nitrogen and oxygen atoms in total. The number of carbonyl (C=O) groups is 1. The molecule has 0 radical (unpaired) electrons. The summed E-state index contributed by atoms with van der Waals surface area (Å²) in [5.41, 5.74) is 1.76. The molecule has 2 rings (SSSR count). The summed E-state index contributed by atoms with van der Waals surface area (Å²) in [5.74, 6) is -0.262. The molecule has 0 atom stereocenters. The minimum atomic E-state index is -0.992. The zero-order valence-corrected chi connectivity index (χ0v) is 11.0. The lowest BCUT2D eigenvalue weighted by molar-refractivity contribution is 0.0696. The second-order valence-corrected chi connectivity index (χ2v) is 4.48. The molecule has 1 heterocycles. The maximum absolute atomic E-state index is 10.7. The van der Waals surface area contributed by atoms with Gasteiger partial charge in [-0.15, -0.1) is 0 Å². The van der Waals surface area contributed by atoms with Crippen LogP contribution in [0.25, 0.3) is 0 Å². The number of carboxylic acid groups (broad SMARTS) is 1. The molecule has 2 aromatic rings. The van der Waals surface area contributed by atoms with Crippen molar-refractivity contribution in [3.05, 3.63) is 58.4 Å². The van der Waals surface area contributed by atoms with Crippen LogP contribution in [0, 0.1) is 6.92 Å². The largest absolute Gasteiger partial charge is 0.487 e. The maximum Gasteiger partial charge on any atom is 0.337 e. The number of aromatic nitrogens is 1. The van der Waals surface area contributed by atoms with Gasteiger partial charge in [-0.2, -0.15) is 0 Å². The molecule has 0 spiro atoms. The number of nitrogens with zero attached hydrogens (tertiary/aromatic N) is 1. The van der Waals surface area contributed by atoms with Crippen LogP contribution in [0.2, 0.25) is 5.02 Å². The van der Waals surface area contributed by atoms with E-state index in [0.717, 1.165) is 11.3 Å². The molecule has 5 heteroatoms. The predicted octanol–water partition coefficient (Wildman–Crippen LogP) is 3.32. The number of benzene rings is 1.